The van der Waals surface area contributed by atoms with Gasteiger partial charge in [0.15, 0.2) is 11.6 Å². The Balaban J connectivity index is 1.89. The van der Waals surface area contributed by atoms with E-state index in [1.807, 2.05) is 30.3 Å². The molecule has 0 aromatic heterocycles. The van der Waals surface area contributed by atoms with E-state index in [0.717, 1.165) is 15.9 Å². The molecule has 6 heteroatoms. The van der Waals surface area contributed by atoms with Gasteiger partial charge in [0.2, 0.25) is 0 Å². The summed E-state index contributed by atoms with van der Waals surface area (Å²) >= 11 is 4.03. The Bertz CT molecular complexity index is 622. The highest BCUT2D eigenvalue weighted by molar-refractivity contribution is 7.82. The number of rotatable bonds is 4. The van der Waals surface area contributed by atoms with Gasteiger partial charge in [0.25, 0.3) is 0 Å². The zero-order valence-electron chi connectivity index (χ0n) is 11.2. The number of carbonyl (C=O) groups is 1. The molecule has 0 spiro atoms. The number of thiol groups is 1. The van der Waals surface area contributed by atoms with Crippen LogP contribution in [0.15, 0.2) is 48.5 Å². The molecule has 2 aromatic rings. The van der Waals surface area contributed by atoms with Gasteiger partial charge in [-0.2, -0.15) is 0 Å². The molecule has 0 unspecified atom stereocenters. The van der Waals surface area contributed by atoms with Crippen LogP contribution in [0.5, 0.6) is 5.75 Å². The predicted octanol–water partition coefficient (Wildman–Crippen LogP) is 3.13. The minimum Gasteiger partial charge on any atom is -0.505 e. The SMILES string of the molecule is O=C(NCCc1ccccc1)N(S)c1ccc(O)c(F)c1. The van der Waals surface area contributed by atoms with Gasteiger partial charge in [-0.3, -0.25) is 0 Å². The van der Waals surface area contributed by atoms with Gasteiger partial charge in [-0.1, -0.05) is 43.1 Å². The van der Waals surface area contributed by atoms with Gasteiger partial charge >= 0.3 is 6.03 Å². The van der Waals surface area contributed by atoms with Crippen molar-refractivity contribution >= 4 is 24.5 Å². The van der Waals surface area contributed by atoms with Gasteiger partial charge in [-0.05, 0) is 24.1 Å². The van der Waals surface area contributed by atoms with Crippen LogP contribution in [-0.2, 0) is 6.42 Å². The molecule has 110 valence electrons. The fourth-order valence-electron chi connectivity index (χ4n) is 1.78. The molecule has 0 aliphatic rings. The van der Waals surface area contributed by atoms with Crippen LogP contribution in [0.4, 0.5) is 14.9 Å². The van der Waals surface area contributed by atoms with Gasteiger partial charge in [-0.25, -0.2) is 13.5 Å². The number of urea groups is 1. The molecule has 21 heavy (non-hydrogen) atoms. The van der Waals surface area contributed by atoms with Crippen molar-refractivity contribution in [1.82, 2.24) is 5.32 Å². The van der Waals surface area contributed by atoms with Crippen LogP contribution in [0, 0.1) is 5.82 Å². The number of nitrogens with zero attached hydrogens (tertiary/aromatic N) is 1. The van der Waals surface area contributed by atoms with Crippen LogP contribution in [0.25, 0.3) is 0 Å². The Morgan fingerprint density at radius 3 is 2.62 bits per heavy atom. The summed E-state index contributed by atoms with van der Waals surface area (Å²) in [6.07, 6.45) is 0.693. The van der Waals surface area contributed by atoms with E-state index in [1.165, 1.54) is 12.1 Å². The topological polar surface area (TPSA) is 52.6 Å². The molecule has 2 amide bonds. The summed E-state index contributed by atoms with van der Waals surface area (Å²) in [7, 11) is 0. The van der Waals surface area contributed by atoms with E-state index in [-0.39, 0.29) is 5.69 Å². The standard InChI is InChI=1S/C15H15FN2O2S/c16-13-10-12(6-7-14(13)19)18(21)15(20)17-9-8-11-4-2-1-3-5-11/h1-7,10,19,21H,8-9H2,(H,17,20). The summed E-state index contributed by atoms with van der Waals surface area (Å²) < 4.78 is 14.2. The molecule has 0 fully saturated rings. The monoisotopic (exact) mass is 306 g/mol. The fourth-order valence-corrected chi connectivity index (χ4v) is 1.97. The van der Waals surface area contributed by atoms with Gasteiger partial charge in [0.1, 0.15) is 0 Å². The Morgan fingerprint density at radius 2 is 1.95 bits per heavy atom. The second-order valence-electron chi connectivity index (χ2n) is 4.42. The van der Waals surface area contributed by atoms with Gasteiger partial charge in [0, 0.05) is 12.6 Å². The summed E-state index contributed by atoms with van der Waals surface area (Å²) in [5.74, 6) is -1.27. The van der Waals surface area contributed by atoms with Gasteiger partial charge < -0.3 is 10.4 Å². The van der Waals surface area contributed by atoms with Crippen LogP contribution in [0.1, 0.15) is 5.56 Å². The summed E-state index contributed by atoms with van der Waals surface area (Å²) in [6, 6.07) is 12.9. The van der Waals surface area contributed by atoms with Gasteiger partial charge in [0.05, 0.1) is 5.69 Å². The third kappa shape index (κ3) is 4.13. The molecule has 0 radical (unpaired) electrons. The number of nitrogens with one attached hydrogen (secondary N) is 1. The third-order valence-corrected chi connectivity index (χ3v) is 3.31. The predicted molar refractivity (Wildman–Crippen MR) is 83.1 cm³/mol. The number of anilines is 1. The normalized spacial score (nSPS) is 10.2. The van der Waals surface area contributed by atoms with Crippen LogP contribution in [0.2, 0.25) is 0 Å². The number of hydrogen-bond acceptors (Lipinski definition) is 3. The maximum Gasteiger partial charge on any atom is 0.331 e. The van der Waals surface area contributed by atoms with Crippen LogP contribution >= 0.6 is 12.8 Å². The lowest BCUT2D eigenvalue weighted by Crippen LogP contribution is -2.35. The highest BCUT2D eigenvalue weighted by Gasteiger charge is 2.13. The second kappa shape index (κ2) is 6.99. The molecule has 2 aromatic carbocycles. The first-order chi connectivity index (χ1) is 10.1. The third-order valence-electron chi connectivity index (χ3n) is 2.90. The van der Waals surface area contributed by atoms with E-state index in [4.69, 9.17) is 5.11 Å². The number of amides is 2. The van der Waals surface area contributed by atoms with Crippen molar-refractivity contribution in [1.29, 1.82) is 0 Å². The molecular weight excluding hydrogens is 291 g/mol. The van der Waals surface area contributed by atoms with E-state index in [1.54, 1.807) is 0 Å². The lowest BCUT2D eigenvalue weighted by Gasteiger charge is -2.16. The van der Waals surface area contributed by atoms with Crippen molar-refractivity contribution in [2.45, 2.75) is 6.42 Å². The molecule has 4 nitrogen and oxygen atoms in total. The molecule has 0 atom stereocenters. The Hall–Kier alpha value is -2.21. The molecule has 0 aliphatic heterocycles. The summed E-state index contributed by atoms with van der Waals surface area (Å²) in [6.45, 7) is 0.445. The average Bonchev–Trinajstić information content (AvgIpc) is 2.50. The first-order valence-corrected chi connectivity index (χ1v) is 6.77. The number of phenolic OH excluding ortho intramolecular Hbond substituents is 1. The molecule has 0 aliphatic carbocycles. The van der Waals surface area contributed by atoms with Crippen LogP contribution in [-0.4, -0.2) is 17.7 Å². The zero-order valence-corrected chi connectivity index (χ0v) is 12.1. The minimum atomic E-state index is -0.802. The number of aromatic hydroxyl groups is 1. The quantitative estimate of drug-likeness (QED) is 0.760. The molecule has 2 N–H and O–H groups in total. The van der Waals surface area contributed by atoms with E-state index >= 15 is 0 Å². The van der Waals surface area contributed by atoms with Crippen molar-refractivity contribution in [3.8, 4) is 5.75 Å². The molecule has 2 rings (SSSR count). The Morgan fingerprint density at radius 1 is 1.24 bits per heavy atom. The summed E-state index contributed by atoms with van der Waals surface area (Å²) in [4.78, 5) is 11.9. The Kier molecular flexibility index (Phi) is 5.05. The van der Waals surface area contributed by atoms with Crippen molar-refractivity contribution in [2.75, 3.05) is 10.8 Å². The van der Waals surface area contributed by atoms with E-state index in [0.29, 0.717) is 13.0 Å². The number of carbonyl (C=O) groups excluding carboxylic acids is 1. The van der Waals surface area contributed by atoms with Gasteiger partial charge in [-0.15, -0.1) is 0 Å². The highest BCUT2D eigenvalue weighted by Crippen LogP contribution is 2.23. The molecule has 0 saturated carbocycles. The van der Waals surface area contributed by atoms with E-state index in [9.17, 15) is 9.18 Å². The van der Waals surface area contributed by atoms with Crippen LogP contribution in [0.3, 0.4) is 0 Å². The highest BCUT2D eigenvalue weighted by atomic mass is 32.1. The number of hydrogen-bond donors (Lipinski definition) is 3. The molecule has 0 heterocycles. The maximum atomic E-state index is 13.2. The largest absolute Gasteiger partial charge is 0.505 e. The maximum absolute atomic E-state index is 13.2. The smallest absolute Gasteiger partial charge is 0.331 e. The average molecular weight is 306 g/mol. The fraction of sp³-hybridized carbons (Fsp3) is 0.133. The van der Waals surface area contributed by atoms with Crippen LogP contribution < -0.4 is 9.62 Å². The molecule has 0 bridgehead atoms. The minimum absolute atomic E-state index is 0.242. The Labute approximate surface area is 127 Å². The lowest BCUT2D eigenvalue weighted by atomic mass is 10.1. The molecular formula is C15H15FN2O2S. The lowest BCUT2D eigenvalue weighted by molar-refractivity contribution is 0.250. The molecule has 0 saturated heterocycles. The summed E-state index contributed by atoms with van der Waals surface area (Å²) in [5, 5.41) is 11.8. The number of phenols is 1. The van der Waals surface area contributed by atoms with Crippen molar-refractivity contribution < 1.29 is 14.3 Å². The van der Waals surface area contributed by atoms with Crippen molar-refractivity contribution in [2.24, 2.45) is 0 Å². The van der Waals surface area contributed by atoms with E-state index < -0.39 is 17.6 Å². The zero-order chi connectivity index (χ0) is 15.2. The van der Waals surface area contributed by atoms with E-state index in [2.05, 4.69) is 18.1 Å². The van der Waals surface area contributed by atoms with Crippen molar-refractivity contribution in [3.05, 3.63) is 59.9 Å². The number of halogens is 1. The summed E-state index contributed by atoms with van der Waals surface area (Å²) in [5.41, 5.74) is 1.35. The first kappa shape index (κ1) is 15.2. The number of benzene rings is 2. The first-order valence-electron chi connectivity index (χ1n) is 6.37. The van der Waals surface area contributed by atoms with Crippen molar-refractivity contribution in [3.63, 3.8) is 0 Å². The second-order valence-corrected chi connectivity index (χ2v) is 4.82.